The maximum atomic E-state index is 11.1. The first-order valence-electron chi connectivity index (χ1n) is 9.19. The molecule has 5 nitrogen and oxygen atoms in total. The lowest BCUT2D eigenvalue weighted by Gasteiger charge is -2.02. The Labute approximate surface area is 159 Å². The van der Waals surface area contributed by atoms with E-state index >= 15 is 0 Å². The van der Waals surface area contributed by atoms with E-state index in [1.165, 1.54) is 37.3 Å². The van der Waals surface area contributed by atoms with Gasteiger partial charge in [0, 0.05) is 35.1 Å². The van der Waals surface area contributed by atoms with Crippen molar-refractivity contribution in [2.75, 3.05) is 5.32 Å². The second kappa shape index (κ2) is 10.3. The Kier molecular flexibility index (Phi) is 7.74. The number of aromatic nitrogens is 1. The van der Waals surface area contributed by atoms with Gasteiger partial charge in [-0.25, -0.2) is 4.79 Å². The Balaban J connectivity index is 0.000000199. The van der Waals surface area contributed by atoms with E-state index in [2.05, 4.69) is 29.4 Å². The van der Waals surface area contributed by atoms with Crippen LogP contribution in [-0.4, -0.2) is 11.4 Å². The SMILES string of the molecule is CCCCCc1ccc(C)nc1.Cc1cc(=O)oc2cc(NC=O)ccc12. The van der Waals surface area contributed by atoms with E-state index in [1.807, 2.05) is 20.0 Å². The number of unbranched alkanes of at least 4 members (excludes halogenated alkanes) is 2. The van der Waals surface area contributed by atoms with E-state index in [0.717, 1.165) is 16.6 Å². The number of benzene rings is 1. The molecular formula is C22H26N2O3. The highest BCUT2D eigenvalue weighted by molar-refractivity contribution is 5.85. The molecule has 0 unspecified atom stereocenters. The molecule has 27 heavy (non-hydrogen) atoms. The summed E-state index contributed by atoms with van der Waals surface area (Å²) in [4.78, 5) is 25.6. The van der Waals surface area contributed by atoms with Crippen LogP contribution in [-0.2, 0) is 11.2 Å². The third-order valence-corrected chi connectivity index (χ3v) is 4.22. The summed E-state index contributed by atoms with van der Waals surface area (Å²) in [6.45, 7) is 6.09. The molecule has 0 radical (unpaired) electrons. The summed E-state index contributed by atoms with van der Waals surface area (Å²) in [6.07, 6.45) is 7.66. The van der Waals surface area contributed by atoms with Crippen LogP contribution < -0.4 is 10.9 Å². The lowest BCUT2D eigenvalue weighted by atomic mass is 10.1. The van der Waals surface area contributed by atoms with Gasteiger partial charge in [-0.15, -0.1) is 0 Å². The van der Waals surface area contributed by atoms with Crippen LogP contribution in [0.1, 0.15) is 43.0 Å². The highest BCUT2D eigenvalue weighted by atomic mass is 16.4. The maximum absolute atomic E-state index is 11.1. The molecule has 0 saturated carbocycles. The van der Waals surface area contributed by atoms with Crippen molar-refractivity contribution in [2.45, 2.75) is 46.5 Å². The van der Waals surface area contributed by atoms with Gasteiger partial charge in [-0.1, -0.05) is 25.8 Å². The van der Waals surface area contributed by atoms with E-state index in [9.17, 15) is 9.59 Å². The standard InChI is InChI=1S/C11H9NO3.C11H17N/c1-7-4-11(14)15-10-5-8(12-6-13)2-3-9(7)10;1-3-4-5-6-11-8-7-10(2)12-9-11/h2-6H,1H3,(H,12,13);7-9H,3-6H2,1-2H3. The van der Waals surface area contributed by atoms with E-state index in [-0.39, 0.29) is 5.63 Å². The third kappa shape index (κ3) is 6.37. The maximum Gasteiger partial charge on any atom is 0.336 e. The number of carbonyl (C=O) groups is 1. The number of anilines is 1. The Morgan fingerprint density at radius 1 is 1.11 bits per heavy atom. The fraction of sp³-hybridized carbons (Fsp3) is 0.318. The molecule has 1 aromatic carbocycles. The molecule has 0 fully saturated rings. The number of fused-ring (bicyclic) bond motifs is 1. The van der Waals surface area contributed by atoms with E-state index in [1.54, 1.807) is 18.2 Å². The van der Waals surface area contributed by atoms with E-state index in [0.29, 0.717) is 17.7 Å². The quantitative estimate of drug-likeness (QED) is 0.387. The molecule has 0 spiro atoms. The number of nitrogens with one attached hydrogen (secondary N) is 1. The lowest BCUT2D eigenvalue weighted by Crippen LogP contribution is -1.99. The minimum atomic E-state index is -0.386. The third-order valence-electron chi connectivity index (χ3n) is 4.22. The van der Waals surface area contributed by atoms with Gasteiger partial charge in [-0.05, 0) is 56.0 Å². The van der Waals surface area contributed by atoms with Crippen LogP contribution >= 0.6 is 0 Å². The smallest absolute Gasteiger partial charge is 0.336 e. The predicted octanol–water partition coefficient (Wildman–Crippen LogP) is 4.79. The average Bonchev–Trinajstić information content (AvgIpc) is 2.64. The van der Waals surface area contributed by atoms with E-state index < -0.39 is 0 Å². The van der Waals surface area contributed by atoms with Crippen molar-refractivity contribution in [1.82, 2.24) is 4.98 Å². The van der Waals surface area contributed by atoms with Crippen LogP contribution in [0.15, 0.2) is 51.8 Å². The van der Waals surface area contributed by atoms with Crippen molar-refractivity contribution in [2.24, 2.45) is 0 Å². The van der Waals surface area contributed by atoms with Crippen molar-refractivity contribution in [3.05, 3.63) is 69.8 Å². The summed E-state index contributed by atoms with van der Waals surface area (Å²) in [5.74, 6) is 0. The molecule has 3 aromatic rings. The van der Waals surface area contributed by atoms with Gasteiger partial charge >= 0.3 is 5.63 Å². The number of hydrogen-bond donors (Lipinski definition) is 1. The average molecular weight is 366 g/mol. The molecule has 5 heteroatoms. The van der Waals surface area contributed by atoms with Gasteiger partial charge in [-0.3, -0.25) is 9.78 Å². The molecule has 3 rings (SSSR count). The molecule has 1 amide bonds. The number of nitrogens with zero attached hydrogens (tertiary/aromatic N) is 1. The second-order valence-electron chi connectivity index (χ2n) is 6.49. The first kappa shape index (κ1) is 20.4. The topological polar surface area (TPSA) is 72.2 Å². The number of carbonyl (C=O) groups excluding carboxylic acids is 1. The van der Waals surface area contributed by atoms with Crippen LogP contribution in [0.5, 0.6) is 0 Å². The molecule has 2 heterocycles. The summed E-state index contributed by atoms with van der Waals surface area (Å²) in [6, 6.07) is 10.9. The minimum Gasteiger partial charge on any atom is -0.423 e. The zero-order valence-corrected chi connectivity index (χ0v) is 16.1. The summed E-state index contributed by atoms with van der Waals surface area (Å²) in [5.41, 5.74) is 4.03. The van der Waals surface area contributed by atoms with Crippen molar-refractivity contribution in [3.8, 4) is 0 Å². The molecule has 142 valence electrons. The number of aryl methyl sites for hydroxylation is 3. The van der Waals surface area contributed by atoms with Crippen LogP contribution in [0.3, 0.4) is 0 Å². The first-order chi connectivity index (χ1) is 13.0. The molecule has 0 aliphatic rings. The molecule has 0 saturated heterocycles. The van der Waals surface area contributed by atoms with Gasteiger partial charge < -0.3 is 9.73 Å². The van der Waals surface area contributed by atoms with Crippen LogP contribution in [0.4, 0.5) is 5.69 Å². The minimum absolute atomic E-state index is 0.386. The lowest BCUT2D eigenvalue weighted by molar-refractivity contribution is -0.105. The zero-order chi connectivity index (χ0) is 19.6. The highest BCUT2D eigenvalue weighted by Crippen LogP contribution is 2.20. The monoisotopic (exact) mass is 366 g/mol. The summed E-state index contributed by atoms with van der Waals surface area (Å²) in [7, 11) is 0. The normalized spacial score (nSPS) is 10.2. The van der Waals surface area contributed by atoms with Crippen molar-refractivity contribution < 1.29 is 9.21 Å². The molecular weight excluding hydrogens is 340 g/mol. The largest absolute Gasteiger partial charge is 0.423 e. The van der Waals surface area contributed by atoms with Crippen LogP contribution in [0, 0.1) is 13.8 Å². The summed E-state index contributed by atoms with van der Waals surface area (Å²) >= 11 is 0. The highest BCUT2D eigenvalue weighted by Gasteiger charge is 2.02. The Morgan fingerprint density at radius 3 is 2.59 bits per heavy atom. The molecule has 0 aliphatic heterocycles. The van der Waals surface area contributed by atoms with Gasteiger partial charge in [0.1, 0.15) is 5.58 Å². The van der Waals surface area contributed by atoms with Crippen molar-refractivity contribution in [1.29, 1.82) is 0 Å². The Hall–Kier alpha value is -2.95. The summed E-state index contributed by atoms with van der Waals surface area (Å²) in [5, 5.41) is 3.36. The van der Waals surface area contributed by atoms with Gasteiger partial charge in [0.2, 0.25) is 6.41 Å². The van der Waals surface area contributed by atoms with Gasteiger partial charge in [0.15, 0.2) is 0 Å². The number of pyridine rings is 1. The van der Waals surface area contributed by atoms with Crippen LogP contribution in [0.25, 0.3) is 11.0 Å². The molecule has 1 N–H and O–H groups in total. The first-order valence-corrected chi connectivity index (χ1v) is 9.19. The van der Waals surface area contributed by atoms with Gasteiger partial charge in [0.05, 0.1) is 0 Å². The van der Waals surface area contributed by atoms with E-state index in [4.69, 9.17) is 4.42 Å². The summed E-state index contributed by atoms with van der Waals surface area (Å²) < 4.78 is 5.02. The van der Waals surface area contributed by atoms with Gasteiger partial charge in [-0.2, -0.15) is 0 Å². The molecule has 0 atom stereocenters. The van der Waals surface area contributed by atoms with Crippen LogP contribution in [0.2, 0.25) is 0 Å². The second-order valence-corrected chi connectivity index (χ2v) is 6.49. The van der Waals surface area contributed by atoms with Gasteiger partial charge in [0.25, 0.3) is 0 Å². The fourth-order valence-electron chi connectivity index (χ4n) is 2.71. The Morgan fingerprint density at radius 2 is 1.93 bits per heavy atom. The number of amides is 1. The zero-order valence-electron chi connectivity index (χ0n) is 16.1. The molecule has 0 aliphatic carbocycles. The van der Waals surface area contributed by atoms with Crippen molar-refractivity contribution in [3.63, 3.8) is 0 Å². The predicted molar refractivity (Wildman–Crippen MR) is 109 cm³/mol. The number of hydrogen-bond acceptors (Lipinski definition) is 4. The number of rotatable bonds is 6. The molecule has 2 aromatic heterocycles. The molecule has 0 bridgehead atoms. The Bertz CT molecular complexity index is 930. The van der Waals surface area contributed by atoms with Crippen molar-refractivity contribution >= 4 is 23.1 Å². The fourth-order valence-corrected chi connectivity index (χ4v) is 2.71.